The van der Waals surface area contributed by atoms with Gasteiger partial charge in [-0.1, -0.05) is 12.8 Å². The summed E-state index contributed by atoms with van der Waals surface area (Å²) in [6, 6.07) is 0. The molecule has 0 bridgehead atoms. The maximum absolute atomic E-state index is 11.8. The summed E-state index contributed by atoms with van der Waals surface area (Å²) in [5, 5.41) is 9.50. The maximum Gasteiger partial charge on any atom is 0.136 e. The van der Waals surface area contributed by atoms with Crippen LogP contribution in [0.3, 0.4) is 0 Å². The van der Waals surface area contributed by atoms with Crippen LogP contribution in [0.5, 0.6) is 0 Å². The first kappa shape index (κ1) is 10.1. The largest absolute Gasteiger partial charge is 0.390 e. The molecule has 1 aliphatic heterocycles. The van der Waals surface area contributed by atoms with Crippen LogP contribution in [0.1, 0.15) is 32.1 Å². The van der Waals surface area contributed by atoms with E-state index in [2.05, 4.69) is 0 Å². The number of carbonyl (C=O) groups is 1. The molecule has 14 heavy (non-hydrogen) atoms. The van der Waals surface area contributed by atoms with Crippen molar-refractivity contribution in [3.8, 4) is 0 Å². The van der Waals surface area contributed by atoms with Crippen molar-refractivity contribution < 1.29 is 14.6 Å². The Morgan fingerprint density at radius 3 is 2.57 bits per heavy atom. The molecule has 0 amide bonds. The second-order valence-corrected chi connectivity index (χ2v) is 4.52. The molecule has 3 heteroatoms. The number of Topliss-reactive ketones (excluding diaryl/α,β-unsaturated/α-hetero) is 1. The van der Waals surface area contributed by atoms with Crippen LogP contribution in [-0.2, 0) is 9.53 Å². The van der Waals surface area contributed by atoms with E-state index in [4.69, 9.17) is 4.74 Å². The number of aliphatic hydroxyl groups is 1. The molecule has 3 nitrogen and oxygen atoms in total. The Labute approximate surface area is 84.4 Å². The van der Waals surface area contributed by atoms with Gasteiger partial charge in [-0.15, -0.1) is 0 Å². The van der Waals surface area contributed by atoms with Crippen LogP contribution in [0.4, 0.5) is 0 Å². The SMILES string of the molecule is O=C(CC1COCC1O)C1CCCC1. The lowest BCUT2D eigenvalue weighted by Gasteiger charge is -2.14. The summed E-state index contributed by atoms with van der Waals surface area (Å²) in [6.07, 6.45) is 4.61. The molecule has 2 rings (SSSR count). The van der Waals surface area contributed by atoms with Crippen molar-refractivity contribution in [3.05, 3.63) is 0 Å². The zero-order chi connectivity index (χ0) is 9.97. The van der Waals surface area contributed by atoms with E-state index >= 15 is 0 Å². The van der Waals surface area contributed by atoms with Crippen molar-refractivity contribution in [1.82, 2.24) is 0 Å². The first-order valence-electron chi connectivity index (χ1n) is 5.56. The number of rotatable bonds is 3. The van der Waals surface area contributed by atoms with Crippen LogP contribution >= 0.6 is 0 Å². The summed E-state index contributed by atoms with van der Waals surface area (Å²) in [4.78, 5) is 11.8. The van der Waals surface area contributed by atoms with Crippen molar-refractivity contribution in [2.45, 2.75) is 38.2 Å². The number of ketones is 1. The highest BCUT2D eigenvalue weighted by atomic mass is 16.5. The average molecular weight is 198 g/mol. The molecule has 2 aliphatic rings. The lowest BCUT2D eigenvalue weighted by Crippen LogP contribution is -2.23. The van der Waals surface area contributed by atoms with Crippen LogP contribution in [0.2, 0.25) is 0 Å². The molecule has 80 valence electrons. The van der Waals surface area contributed by atoms with Gasteiger partial charge in [0, 0.05) is 18.3 Å². The van der Waals surface area contributed by atoms with Gasteiger partial charge in [0.25, 0.3) is 0 Å². The Kier molecular flexibility index (Phi) is 3.19. The van der Waals surface area contributed by atoms with Crippen molar-refractivity contribution >= 4 is 5.78 Å². The standard InChI is InChI=1S/C11H18O3/c12-10(8-3-1-2-4-8)5-9-6-14-7-11(9)13/h8-9,11,13H,1-7H2. The normalized spacial score (nSPS) is 33.8. The first-order chi connectivity index (χ1) is 6.77. The molecular weight excluding hydrogens is 180 g/mol. The molecular formula is C11H18O3. The minimum atomic E-state index is -0.416. The lowest BCUT2D eigenvalue weighted by molar-refractivity contribution is -0.124. The predicted molar refractivity (Wildman–Crippen MR) is 51.9 cm³/mol. The van der Waals surface area contributed by atoms with Gasteiger partial charge in [-0.05, 0) is 12.8 Å². The minimum absolute atomic E-state index is 0.0584. The van der Waals surface area contributed by atoms with Crippen molar-refractivity contribution in [3.63, 3.8) is 0 Å². The highest BCUT2D eigenvalue weighted by Crippen LogP contribution is 2.29. The Morgan fingerprint density at radius 1 is 1.29 bits per heavy atom. The number of ether oxygens (including phenoxy) is 1. The zero-order valence-electron chi connectivity index (χ0n) is 8.45. The predicted octanol–water partition coefficient (Wildman–Crippen LogP) is 1.14. The van der Waals surface area contributed by atoms with E-state index in [9.17, 15) is 9.90 Å². The second-order valence-electron chi connectivity index (χ2n) is 4.52. The Morgan fingerprint density at radius 2 is 2.00 bits per heavy atom. The molecule has 2 unspecified atom stereocenters. The summed E-state index contributed by atoms with van der Waals surface area (Å²) in [5.41, 5.74) is 0. The summed E-state index contributed by atoms with van der Waals surface area (Å²) in [5.74, 6) is 0.683. The molecule has 1 saturated carbocycles. The Hall–Kier alpha value is -0.410. The van der Waals surface area contributed by atoms with E-state index < -0.39 is 6.10 Å². The smallest absolute Gasteiger partial charge is 0.136 e. The first-order valence-corrected chi connectivity index (χ1v) is 5.56. The van der Waals surface area contributed by atoms with E-state index in [-0.39, 0.29) is 11.8 Å². The molecule has 1 saturated heterocycles. The molecule has 2 fully saturated rings. The molecule has 0 aromatic heterocycles. The van der Waals surface area contributed by atoms with Gasteiger partial charge in [0.2, 0.25) is 0 Å². The third-order valence-corrected chi connectivity index (χ3v) is 3.44. The van der Waals surface area contributed by atoms with Crippen molar-refractivity contribution in [2.24, 2.45) is 11.8 Å². The summed E-state index contributed by atoms with van der Waals surface area (Å²) < 4.78 is 5.13. The van der Waals surface area contributed by atoms with Crippen LogP contribution in [0.15, 0.2) is 0 Å². The zero-order valence-corrected chi connectivity index (χ0v) is 8.45. The fraction of sp³-hybridized carbons (Fsp3) is 0.909. The van der Waals surface area contributed by atoms with E-state index in [0.717, 1.165) is 12.8 Å². The molecule has 1 aliphatic carbocycles. The fourth-order valence-corrected chi connectivity index (χ4v) is 2.46. The van der Waals surface area contributed by atoms with Gasteiger partial charge in [-0.3, -0.25) is 4.79 Å². The van der Waals surface area contributed by atoms with Gasteiger partial charge < -0.3 is 9.84 Å². The van der Waals surface area contributed by atoms with Gasteiger partial charge in [0.05, 0.1) is 19.3 Å². The van der Waals surface area contributed by atoms with Crippen LogP contribution in [0.25, 0.3) is 0 Å². The maximum atomic E-state index is 11.8. The van der Waals surface area contributed by atoms with Gasteiger partial charge in [-0.2, -0.15) is 0 Å². The topological polar surface area (TPSA) is 46.5 Å². The Balaban J connectivity index is 1.81. The molecule has 1 heterocycles. The van der Waals surface area contributed by atoms with Crippen LogP contribution in [0, 0.1) is 11.8 Å². The molecule has 0 radical (unpaired) electrons. The monoisotopic (exact) mass is 198 g/mol. The van der Waals surface area contributed by atoms with Crippen LogP contribution < -0.4 is 0 Å². The number of hydrogen-bond donors (Lipinski definition) is 1. The van der Waals surface area contributed by atoms with Gasteiger partial charge >= 0.3 is 0 Å². The summed E-state index contributed by atoms with van der Waals surface area (Å²) in [6.45, 7) is 0.961. The fourth-order valence-electron chi connectivity index (χ4n) is 2.46. The lowest BCUT2D eigenvalue weighted by atomic mass is 9.92. The average Bonchev–Trinajstić information content (AvgIpc) is 2.77. The highest BCUT2D eigenvalue weighted by molar-refractivity contribution is 5.81. The van der Waals surface area contributed by atoms with E-state index in [1.807, 2.05) is 0 Å². The molecule has 1 N–H and O–H groups in total. The second kappa shape index (κ2) is 4.41. The highest BCUT2D eigenvalue weighted by Gasteiger charge is 2.31. The molecule has 2 atom stereocenters. The number of aliphatic hydroxyl groups excluding tert-OH is 1. The third-order valence-electron chi connectivity index (χ3n) is 3.44. The quantitative estimate of drug-likeness (QED) is 0.739. The van der Waals surface area contributed by atoms with E-state index in [0.29, 0.717) is 25.4 Å². The minimum Gasteiger partial charge on any atom is -0.390 e. The number of carbonyl (C=O) groups excluding carboxylic acids is 1. The third kappa shape index (κ3) is 2.15. The van der Waals surface area contributed by atoms with Crippen molar-refractivity contribution in [2.75, 3.05) is 13.2 Å². The van der Waals surface area contributed by atoms with Gasteiger partial charge in [0.15, 0.2) is 0 Å². The number of hydrogen-bond acceptors (Lipinski definition) is 3. The summed E-state index contributed by atoms with van der Waals surface area (Å²) in [7, 11) is 0. The van der Waals surface area contributed by atoms with Gasteiger partial charge in [0.1, 0.15) is 5.78 Å². The van der Waals surface area contributed by atoms with Crippen LogP contribution in [-0.4, -0.2) is 30.2 Å². The summed E-state index contributed by atoms with van der Waals surface area (Å²) >= 11 is 0. The molecule has 0 spiro atoms. The van der Waals surface area contributed by atoms with Gasteiger partial charge in [-0.25, -0.2) is 0 Å². The molecule has 0 aromatic carbocycles. The Bertz CT molecular complexity index is 209. The van der Waals surface area contributed by atoms with Crippen molar-refractivity contribution in [1.29, 1.82) is 0 Å². The van der Waals surface area contributed by atoms with E-state index in [1.54, 1.807) is 0 Å². The molecule has 0 aromatic rings. The van der Waals surface area contributed by atoms with E-state index in [1.165, 1.54) is 12.8 Å².